The zero-order chi connectivity index (χ0) is 23.2. The van der Waals surface area contributed by atoms with Gasteiger partial charge in [0.2, 0.25) is 5.91 Å². The van der Waals surface area contributed by atoms with E-state index in [-0.39, 0.29) is 29.5 Å². The number of nitrogens with zero attached hydrogens (tertiary/aromatic N) is 4. The molecule has 1 heterocycles. The number of nitrogens with one attached hydrogen (secondary N) is 1. The van der Waals surface area contributed by atoms with Crippen molar-refractivity contribution < 1.29 is 14.1 Å². The molecule has 0 fully saturated rings. The van der Waals surface area contributed by atoms with Gasteiger partial charge in [-0.3, -0.25) is 19.5 Å². The molecule has 1 aromatic heterocycles. The van der Waals surface area contributed by atoms with E-state index in [1.807, 2.05) is 34.9 Å². The number of aromatic nitrogens is 3. The highest BCUT2D eigenvalue weighted by molar-refractivity contribution is 7.99. The number of para-hydroxylation sites is 3. The molecule has 0 aliphatic carbocycles. The summed E-state index contributed by atoms with van der Waals surface area (Å²) in [6, 6.07) is 21.5. The van der Waals surface area contributed by atoms with Crippen LogP contribution in [0, 0.1) is 15.9 Å². The highest BCUT2D eigenvalue weighted by atomic mass is 32.2. The molecule has 0 bridgehead atoms. The van der Waals surface area contributed by atoms with Crippen molar-refractivity contribution in [1.29, 1.82) is 0 Å². The molecule has 0 atom stereocenters. The van der Waals surface area contributed by atoms with Crippen molar-refractivity contribution in [3.63, 3.8) is 0 Å². The second-order valence-corrected chi connectivity index (χ2v) is 7.97. The Morgan fingerprint density at radius 2 is 1.70 bits per heavy atom. The van der Waals surface area contributed by atoms with Gasteiger partial charge in [-0.1, -0.05) is 42.1 Å². The first-order valence-electron chi connectivity index (χ1n) is 9.96. The minimum Gasteiger partial charge on any atom is -0.320 e. The monoisotopic (exact) mass is 463 g/mol. The predicted molar refractivity (Wildman–Crippen MR) is 124 cm³/mol. The van der Waals surface area contributed by atoms with Crippen molar-refractivity contribution in [2.75, 3.05) is 11.1 Å². The Bertz CT molecular complexity index is 1280. The van der Waals surface area contributed by atoms with E-state index in [2.05, 4.69) is 15.5 Å². The summed E-state index contributed by atoms with van der Waals surface area (Å²) in [4.78, 5) is 23.0. The number of halogens is 1. The maximum atomic E-state index is 13.4. The van der Waals surface area contributed by atoms with Crippen molar-refractivity contribution in [2.45, 2.75) is 11.6 Å². The smallest absolute Gasteiger partial charge is 0.292 e. The summed E-state index contributed by atoms with van der Waals surface area (Å²) in [6.45, 7) is 0. The lowest BCUT2D eigenvalue weighted by Gasteiger charge is -2.10. The first-order valence-corrected chi connectivity index (χ1v) is 10.9. The Labute approximate surface area is 192 Å². The van der Waals surface area contributed by atoms with Crippen molar-refractivity contribution in [3.8, 4) is 17.1 Å². The number of nitro groups is 1. The molecule has 10 heteroatoms. The van der Waals surface area contributed by atoms with Crippen LogP contribution in [-0.2, 0) is 4.79 Å². The molecule has 0 spiro atoms. The van der Waals surface area contributed by atoms with Crippen molar-refractivity contribution in [2.24, 2.45) is 0 Å². The van der Waals surface area contributed by atoms with Gasteiger partial charge in [0.05, 0.1) is 4.92 Å². The van der Waals surface area contributed by atoms with E-state index >= 15 is 0 Å². The fourth-order valence-electron chi connectivity index (χ4n) is 3.15. The minimum atomic E-state index is -0.538. The normalized spacial score (nSPS) is 10.7. The summed E-state index contributed by atoms with van der Waals surface area (Å²) in [5.41, 5.74) is 1.53. The molecule has 33 heavy (non-hydrogen) atoms. The summed E-state index contributed by atoms with van der Waals surface area (Å²) >= 11 is 1.33. The molecule has 1 N–H and O–H groups in total. The SMILES string of the molecule is O=C(CCSc1nnc(-c2ccc(F)cc2)n1-c1ccccc1)Nc1ccccc1[N+](=O)[O-]. The van der Waals surface area contributed by atoms with Gasteiger partial charge in [0, 0.05) is 29.5 Å². The van der Waals surface area contributed by atoms with Crippen LogP contribution in [0.2, 0.25) is 0 Å². The second-order valence-electron chi connectivity index (χ2n) is 6.90. The molecule has 3 aromatic carbocycles. The zero-order valence-electron chi connectivity index (χ0n) is 17.2. The van der Waals surface area contributed by atoms with Crippen LogP contribution in [0.1, 0.15) is 6.42 Å². The average Bonchev–Trinajstić information content (AvgIpc) is 3.24. The number of anilines is 1. The number of rotatable bonds is 8. The van der Waals surface area contributed by atoms with E-state index in [9.17, 15) is 19.3 Å². The van der Waals surface area contributed by atoms with E-state index in [4.69, 9.17) is 0 Å². The largest absolute Gasteiger partial charge is 0.320 e. The van der Waals surface area contributed by atoms with E-state index in [0.29, 0.717) is 22.3 Å². The Kier molecular flexibility index (Phi) is 6.75. The second kappa shape index (κ2) is 10.0. The van der Waals surface area contributed by atoms with Gasteiger partial charge in [-0.2, -0.15) is 0 Å². The lowest BCUT2D eigenvalue weighted by molar-refractivity contribution is -0.383. The standard InChI is InChI=1S/C23H18FN5O3S/c24-17-12-10-16(11-13-17)22-26-27-23(28(22)18-6-2-1-3-7-18)33-15-14-21(30)25-19-8-4-5-9-20(19)29(31)32/h1-13H,14-15H2,(H,25,30). The number of thioether (sulfide) groups is 1. The van der Waals surface area contributed by atoms with Crippen LogP contribution in [0.5, 0.6) is 0 Å². The number of carbonyl (C=O) groups is 1. The molecular formula is C23H18FN5O3S. The Morgan fingerprint density at radius 3 is 2.42 bits per heavy atom. The molecule has 166 valence electrons. The number of nitro benzene ring substituents is 1. The van der Waals surface area contributed by atoms with E-state index < -0.39 is 4.92 Å². The Morgan fingerprint density at radius 1 is 1.00 bits per heavy atom. The third-order valence-corrected chi connectivity index (χ3v) is 5.62. The van der Waals surface area contributed by atoms with Crippen LogP contribution >= 0.6 is 11.8 Å². The molecule has 0 aliphatic heterocycles. The maximum Gasteiger partial charge on any atom is 0.292 e. The molecule has 8 nitrogen and oxygen atoms in total. The van der Waals surface area contributed by atoms with Crippen LogP contribution in [-0.4, -0.2) is 31.3 Å². The van der Waals surface area contributed by atoms with Gasteiger partial charge in [-0.05, 0) is 42.5 Å². The summed E-state index contributed by atoms with van der Waals surface area (Å²) in [7, 11) is 0. The minimum absolute atomic E-state index is 0.115. The van der Waals surface area contributed by atoms with Crippen molar-refractivity contribution >= 4 is 29.0 Å². The van der Waals surface area contributed by atoms with Gasteiger partial charge in [0.1, 0.15) is 11.5 Å². The van der Waals surface area contributed by atoms with Crippen molar-refractivity contribution in [1.82, 2.24) is 14.8 Å². The fraction of sp³-hybridized carbons (Fsp3) is 0.0870. The summed E-state index contributed by atoms with van der Waals surface area (Å²) in [6.07, 6.45) is 0.115. The zero-order valence-corrected chi connectivity index (χ0v) is 18.0. The molecule has 0 unspecified atom stereocenters. The molecular weight excluding hydrogens is 445 g/mol. The molecule has 4 rings (SSSR count). The first kappa shape index (κ1) is 22.2. The number of carbonyl (C=O) groups excluding carboxylic acids is 1. The Hall–Kier alpha value is -4.05. The molecule has 4 aromatic rings. The van der Waals surface area contributed by atoms with Crippen LogP contribution in [0.25, 0.3) is 17.1 Å². The predicted octanol–water partition coefficient (Wildman–Crippen LogP) is 5.10. The van der Waals surface area contributed by atoms with Crippen LogP contribution in [0.4, 0.5) is 15.8 Å². The van der Waals surface area contributed by atoms with E-state index in [1.54, 1.807) is 24.3 Å². The van der Waals surface area contributed by atoms with Gasteiger partial charge in [-0.25, -0.2) is 4.39 Å². The van der Waals surface area contributed by atoms with Gasteiger partial charge in [0.15, 0.2) is 11.0 Å². The van der Waals surface area contributed by atoms with E-state index in [0.717, 1.165) is 5.69 Å². The summed E-state index contributed by atoms with van der Waals surface area (Å²) in [5, 5.41) is 22.8. The van der Waals surface area contributed by atoms with Gasteiger partial charge < -0.3 is 5.32 Å². The highest BCUT2D eigenvalue weighted by Crippen LogP contribution is 2.29. The number of hydrogen-bond donors (Lipinski definition) is 1. The molecule has 1 amide bonds. The lowest BCUT2D eigenvalue weighted by Crippen LogP contribution is -2.13. The van der Waals surface area contributed by atoms with Crippen molar-refractivity contribution in [3.05, 3.63) is 94.8 Å². The third kappa shape index (κ3) is 5.24. The molecule has 0 aliphatic rings. The van der Waals surface area contributed by atoms with Gasteiger partial charge >= 0.3 is 0 Å². The molecule has 0 saturated heterocycles. The lowest BCUT2D eigenvalue weighted by atomic mass is 10.2. The number of hydrogen-bond acceptors (Lipinski definition) is 6. The van der Waals surface area contributed by atoms with Gasteiger partial charge in [0.25, 0.3) is 5.69 Å². The van der Waals surface area contributed by atoms with Gasteiger partial charge in [-0.15, -0.1) is 10.2 Å². The average molecular weight is 463 g/mol. The molecule has 0 saturated carbocycles. The number of benzene rings is 3. The van der Waals surface area contributed by atoms with E-state index in [1.165, 1.54) is 36.0 Å². The first-order chi connectivity index (χ1) is 16.0. The highest BCUT2D eigenvalue weighted by Gasteiger charge is 2.18. The summed E-state index contributed by atoms with van der Waals surface area (Å²) in [5.74, 6) is 0.235. The quantitative estimate of drug-likeness (QED) is 0.221. The summed E-state index contributed by atoms with van der Waals surface area (Å²) < 4.78 is 15.2. The number of amides is 1. The molecule has 0 radical (unpaired) electrons. The van der Waals surface area contributed by atoms with Crippen LogP contribution in [0.15, 0.2) is 84.0 Å². The Balaban J connectivity index is 1.50. The maximum absolute atomic E-state index is 13.4. The topological polar surface area (TPSA) is 103 Å². The third-order valence-electron chi connectivity index (χ3n) is 4.69. The van der Waals surface area contributed by atoms with Crippen LogP contribution in [0.3, 0.4) is 0 Å². The van der Waals surface area contributed by atoms with Crippen LogP contribution < -0.4 is 5.32 Å². The fourth-order valence-corrected chi connectivity index (χ4v) is 4.04.